The van der Waals surface area contributed by atoms with Crippen molar-refractivity contribution in [2.24, 2.45) is 0 Å². The average molecular weight is 340 g/mol. The van der Waals surface area contributed by atoms with Gasteiger partial charge in [-0.1, -0.05) is 18.5 Å². The number of hydrogen-bond donors (Lipinski definition) is 3. The SMILES string of the molecule is CCC(C)(NC(=O)c1ccc(Cl)c(N2CCNC2=O)c1)C(=O)O. The molecule has 0 bridgehead atoms. The lowest BCUT2D eigenvalue weighted by Gasteiger charge is -2.25. The van der Waals surface area contributed by atoms with Crippen LogP contribution in [0.3, 0.4) is 0 Å². The number of nitrogens with one attached hydrogen (secondary N) is 2. The fraction of sp³-hybridized carbons (Fsp3) is 0.400. The molecule has 1 unspecified atom stereocenters. The first-order valence-electron chi connectivity index (χ1n) is 7.19. The van der Waals surface area contributed by atoms with E-state index in [-0.39, 0.29) is 18.0 Å². The Morgan fingerprint density at radius 3 is 2.70 bits per heavy atom. The third-order valence-corrected chi connectivity index (χ3v) is 4.24. The van der Waals surface area contributed by atoms with Crippen molar-refractivity contribution in [3.8, 4) is 0 Å². The molecule has 1 aliphatic heterocycles. The van der Waals surface area contributed by atoms with E-state index in [0.29, 0.717) is 23.8 Å². The number of carboxylic acids is 1. The summed E-state index contributed by atoms with van der Waals surface area (Å²) in [6, 6.07) is 4.21. The van der Waals surface area contributed by atoms with Crippen molar-refractivity contribution in [3.63, 3.8) is 0 Å². The van der Waals surface area contributed by atoms with Gasteiger partial charge < -0.3 is 15.7 Å². The second-order valence-electron chi connectivity index (χ2n) is 5.49. The third kappa shape index (κ3) is 3.39. The molecule has 1 aliphatic rings. The van der Waals surface area contributed by atoms with Crippen molar-refractivity contribution in [2.45, 2.75) is 25.8 Å². The highest BCUT2D eigenvalue weighted by atomic mass is 35.5. The minimum Gasteiger partial charge on any atom is -0.480 e. The number of carbonyl (C=O) groups is 3. The van der Waals surface area contributed by atoms with Gasteiger partial charge in [-0.25, -0.2) is 9.59 Å². The molecule has 1 heterocycles. The second-order valence-corrected chi connectivity index (χ2v) is 5.90. The number of carbonyl (C=O) groups excluding carboxylic acids is 2. The maximum absolute atomic E-state index is 12.3. The van der Waals surface area contributed by atoms with Gasteiger partial charge in [0.15, 0.2) is 0 Å². The number of benzene rings is 1. The lowest BCUT2D eigenvalue weighted by molar-refractivity contribution is -0.143. The highest BCUT2D eigenvalue weighted by Gasteiger charge is 2.33. The van der Waals surface area contributed by atoms with Crippen LogP contribution < -0.4 is 15.5 Å². The van der Waals surface area contributed by atoms with Crippen LogP contribution in [-0.4, -0.2) is 41.6 Å². The summed E-state index contributed by atoms with van der Waals surface area (Å²) in [4.78, 5) is 36.8. The summed E-state index contributed by atoms with van der Waals surface area (Å²) in [5, 5.41) is 14.7. The van der Waals surface area contributed by atoms with E-state index in [1.165, 1.54) is 30.0 Å². The summed E-state index contributed by atoms with van der Waals surface area (Å²) in [6.07, 6.45) is 0.239. The van der Waals surface area contributed by atoms with Crippen molar-refractivity contribution >= 4 is 35.2 Å². The summed E-state index contributed by atoms with van der Waals surface area (Å²) in [6.45, 7) is 4.07. The molecule has 3 amide bonds. The smallest absolute Gasteiger partial charge is 0.329 e. The zero-order valence-electron chi connectivity index (χ0n) is 12.9. The van der Waals surface area contributed by atoms with Crippen LogP contribution in [0.5, 0.6) is 0 Å². The van der Waals surface area contributed by atoms with E-state index in [9.17, 15) is 19.5 Å². The number of anilines is 1. The van der Waals surface area contributed by atoms with Gasteiger partial charge in [0.05, 0.1) is 10.7 Å². The van der Waals surface area contributed by atoms with Crippen LogP contribution in [0.15, 0.2) is 18.2 Å². The summed E-state index contributed by atoms with van der Waals surface area (Å²) < 4.78 is 0. The van der Waals surface area contributed by atoms with Crippen molar-refractivity contribution in [2.75, 3.05) is 18.0 Å². The highest BCUT2D eigenvalue weighted by molar-refractivity contribution is 6.34. The predicted molar refractivity (Wildman–Crippen MR) is 86.0 cm³/mol. The zero-order chi connectivity index (χ0) is 17.2. The quantitative estimate of drug-likeness (QED) is 0.762. The molecular weight excluding hydrogens is 322 g/mol. The molecule has 1 atom stereocenters. The lowest BCUT2D eigenvalue weighted by atomic mass is 9.98. The molecule has 1 saturated heterocycles. The predicted octanol–water partition coefficient (Wildman–Crippen LogP) is 1.85. The number of hydrogen-bond acceptors (Lipinski definition) is 3. The molecule has 0 aliphatic carbocycles. The Hall–Kier alpha value is -2.28. The molecule has 0 radical (unpaired) electrons. The van der Waals surface area contributed by atoms with E-state index in [2.05, 4.69) is 10.6 Å². The van der Waals surface area contributed by atoms with Crippen LogP contribution in [0.1, 0.15) is 30.6 Å². The molecule has 2 rings (SSSR count). The maximum atomic E-state index is 12.3. The van der Waals surface area contributed by atoms with E-state index in [1.54, 1.807) is 6.92 Å². The number of halogens is 1. The van der Waals surface area contributed by atoms with E-state index in [0.717, 1.165) is 0 Å². The molecule has 8 heteroatoms. The molecular formula is C15H18ClN3O4. The molecule has 124 valence electrons. The van der Waals surface area contributed by atoms with Gasteiger partial charge in [0.25, 0.3) is 5.91 Å². The zero-order valence-corrected chi connectivity index (χ0v) is 13.6. The summed E-state index contributed by atoms with van der Waals surface area (Å²) in [5.41, 5.74) is -0.699. The second kappa shape index (κ2) is 6.45. The Labute approximate surface area is 138 Å². The van der Waals surface area contributed by atoms with E-state index in [1.807, 2.05) is 0 Å². The number of nitrogens with zero attached hydrogens (tertiary/aromatic N) is 1. The Kier molecular flexibility index (Phi) is 4.79. The molecule has 0 spiro atoms. The van der Waals surface area contributed by atoms with Crippen molar-refractivity contribution in [1.82, 2.24) is 10.6 Å². The third-order valence-electron chi connectivity index (χ3n) is 3.92. The molecule has 0 saturated carbocycles. The molecule has 23 heavy (non-hydrogen) atoms. The first kappa shape index (κ1) is 17.1. The van der Waals surface area contributed by atoms with Gasteiger partial charge in [0.2, 0.25) is 0 Å². The Balaban J connectivity index is 2.28. The molecule has 7 nitrogen and oxygen atoms in total. The van der Waals surface area contributed by atoms with Crippen LogP contribution in [0.25, 0.3) is 0 Å². The molecule has 1 aromatic rings. The molecule has 1 aromatic carbocycles. The normalized spacial score (nSPS) is 16.7. The minimum atomic E-state index is -1.36. The Morgan fingerprint density at radius 1 is 1.48 bits per heavy atom. The Bertz CT molecular complexity index is 664. The molecule has 3 N–H and O–H groups in total. The standard InChI is InChI=1S/C15H18ClN3O4/c1-3-15(2,13(21)22)18-12(20)9-4-5-10(16)11(8-9)19-7-6-17-14(19)23/h4-5,8H,3,6-7H2,1-2H3,(H,17,23)(H,18,20)(H,21,22). The van der Waals surface area contributed by atoms with Gasteiger partial charge in [-0.05, 0) is 31.5 Å². The van der Waals surface area contributed by atoms with Crippen molar-refractivity contribution in [3.05, 3.63) is 28.8 Å². The number of rotatable bonds is 5. The number of amides is 3. The Morgan fingerprint density at radius 2 is 2.17 bits per heavy atom. The summed E-state index contributed by atoms with van der Waals surface area (Å²) >= 11 is 6.11. The number of carboxylic acid groups (broad SMARTS) is 1. The monoisotopic (exact) mass is 339 g/mol. The fourth-order valence-electron chi connectivity index (χ4n) is 2.18. The van der Waals surface area contributed by atoms with Gasteiger partial charge >= 0.3 is 12.0 Å². The van der Waals surface area contributed by atoms with Crippen LogP contribution in [0.2, 0.25) is 5.02 Å². The maximum Gasteiger partial charge on any atom is 0.329 e. The van der Waals surface area contributed by atoms with E-state index < -0.39 is 17.4 Å². The van der Waals surface area contributed by atoms with Crippen LogP contribution in [0, 0.1) is 0 Å². The van der Waals surface area contributed by atoms with E-state index >= 15 is 0 Å². The van der Waals surface area contributed by atoms with Crippen molar-refractivity contribution < 1.29 is 19.5 Å². The largest absolute Gasteiger partial charge is 0.480 e. The first-order valence-corrected chi connectivity index (χ1v) is 7.57. The summed E-state index contributed by atoms with van der Waals surface area (Å²) in [7, 11) is 0. The lowest BCUT2D eigenvalue weighted by Crippen LogP contribution is -2.51. The topological polar surface area (TPSA) is 98.7 Å². The molecule has 1 fully saturated rings. The van der Waals surface area contributed by atoms with Gasteiger partial charge in [0, 0.05) is 18.7 Å². The van der Waals surface area contributed by atoms with Crippen LogP contribution in [-0.2, 0) is 4.79 Å². The molecule has 0 aromatic heterocycles. The van der Waals surface area contributed by atoms with Crippen LogP contribution >= 0.6 is 11.6 Å². The summed E-state index contributed by atoms with van der Waals surface area (Å²) in [5.74, 6) is -1.64. The fourth-order valence-corrected chi connectivity index (χ4v) is 2.40. The van der Waals surface area contributed by atoms with Gasteiger partial charge in [-0.2, -0.15) is 0 Å². The number of aliphatic carboxylic acids is 1. The van der Waals surface area contributed by atoms with E-state index in [4.69, 9.17) is 11.6 Å². The highest BCUT2D eigenvalue weighted by Crippen LogP contribution is 2.28. The van der Waals surface area contributed by atoms with Gasteiger partial charge in [-0.3, -0.25) is 9.69 Å². The first-order chi connectivity index (χ1) is 10.8. The number of urea groups is 1. The van der Waals surface area contributed by atoms with Crippen LogP contribution in [0.4, 0.5) is 10.5 Å². The minimum absolute atomic E-state index is 0.239. The van der Waals surface area contributed by atoms with Gasteiger partial charge in [-0.15, -0.1) is 0 Å². The average Bonchev–Trinajstić information content (AvgIpc) is 2.93. The van der Waals surface area contributed by atoms with Gasteiger partial charge in [0.1, 0.15) is 5.54 Å². The van der Waals surface area contributed by atoms with Crippen molar-refractivity contribution in [1.29, 1.82) is 0 Å².